The Bertz CT molecular complexity index is 1120. The molecule has 0 bridgehead atoms. The zero-order valence-corrected chi connectivity index (χ0v) is 15.3. The van der Waals surface area contributed by atoms with E-state index in [0.717, 1.165) is 22.0 Å². The van der Waals surface area contributed by atoms with Crippen LogP contribution in [0.1, 0.15) is 12.5 Å². The van der Waals surface area contributed by atoms with Crippen LogP contribution in [-0.2, 0) is 11.3 Å². The summed E-state index contributed by atoms with van der Waals surface area (Å²) >= 11 is 0. The zero-order valence-electron chi connectivity index (χ0n) is 15.3. The van der Waals surface area contributed by atoms with E-state index in [1.54, 1.807) is 24.5 Å². The fourth-order valence-electron chi connectivity index (χ4n) is 2.88. The van der Waals surface area contributed by atoms with Crippen LogP contribution in [0, 0.1) is 0 Å². The van der Waals surface area contributed by atoms with Crippen molar-refractivity contribution in [3.8, 4) is 17.1 Å². The predicted octanol–water partition coefficient (Wildman–Crippen LogP) is 4.23. The summed E-state index contributed by atoms with van der Waals surface area (Å²) < 4.78 is 5.22. The van der Waals surface area contributed by atoms with Crippen molar-refractivity contribution in [1.82, 2.24) is 15.0 Å². The van der Waals surface area contributed by atoms with E-state index in [1.165, 1.54) is 6.92 Å². The third kappa shape index (κ3) is 3.96. The summed E-state index contributed by atoms with van der Waals surface area (Å²) in [5, 5.41) is 4.17. The highest BCUT2D eigenvalue weighted by molar-refractivity contribution is 5.92. The lowest BCUT2D eigenvalue weighted by molar-refractivity contribution is -0.131. The number of nitrogens with one attached hydrogen (secondary N) is 1. The molecule has 1 N–H and O–H groups in total. The number of carbonyl (C=O) groups excluding carboxylic acids is 1. The van der Waals surface area contributed by atoms with Crippen molar-refractivity contribution < 1.29 is 9.53 Å². The Labute approximate surface area is 162 Å². The number of aromatic nitrogens is 3. The van der Waals surface area contributed by atoms with Gasteiger partial charge in [-0.05, 0) is 35.9 Å². The second-order valence-corrected chi connectivity index (χ2v) is 6.24. The van der Waals surface area contributed by atoms with Crippen molar-refractivity contribution >= 4 is 22.7 Å². The fourth-order valence-corrected chi connectivity index (χ4v) is 2.88. The molecule has 0 saturated heterocycles. The minimum absolute atomic E-state index is 0.368. The van der Waals surface area contributed by atoms with Crippen molar-refractivity contribution in [1.29, 1.82) is 0 Å². The maximum atomic E-state index is 11.3. The van der Waals surface area contributed by atoms with Gasteiger partial charge >= 0.3 is 5.97 Å². The molecule has 4 aromatic rings. The highest BCUT2D eigenvalue weighted by Gasteiger charge is 2.11. The topological polar surface area (TPSA) is 77.0 Å². The SMILES string of the molecule is CC(=O)Oc1ccc2nc(-c3ccncc3)nc(NCc3ccccc3)c2c1. The molecule has 6 heteroatoms. The van der Waals surface area contributed by atoms with Crippen molar-refractivity contribution in [2.24, 2.45) is 0 Å². The molecule has 6 nitrogen and oxygen atoms in total. The van der Waals surface area contributed by atoms with E-state index in [2.05, 4.69) is 15.3 Å². The van der Waals surface area contributed by atoms with Crippen molar-refractivity contribution in [2.45, 2.75) is 13.5 Å². The van der Waals surface area contributed by atoms with Crippen molar-refractivity contribution in [3.63, 3.8) is 0 Å². The Morgan fingerprint density at radius 2 is 1.79 bits per heavy atom. The Kier molecular flexibility index (Phi) is 4.93. The minimum Gasteiger partial charge on any atom is -0.427 e. The Morgan fingerprint density at radius 1 is 1.00 bits per heavy atom. The second-order valence-electron chi connectivity index (χ2n) is 6.24. The van der Waals surface area contributed by atoms with Crippen molar-refractivity contribution in [2.75, 3.05) is 5.32 Å². The predicted molar refractivity (Wildman–Crippen MR) is 108 cm³/mol. The number of hydrogen-bond acceptors (Lipinski definition) is 6. The van der Waals surface area contributed by atoms with Gasteiger partial charge in [0, 0.05) is 36.8 Å². The molecule has 0 atom stereocenters. The highest BCUT2D eigenvalue weighted by Crippen LogP contribution is 2.28. The van der Waals surface area contributed by atoms with Crippen LogP contribution in [0.25, 0.3) is 22.3 Å². The van der Waals surface area contributed by atoms with Crippen LogP contribution in [0.2, 0.25) is 0 Å². The highest BCUT2D eigenvalue weighted by atomic mass is 16.5. The monoisotopic (exact) mass is 370 g/mol. The first-order valence-corrected chi connectivity index (χ1v) is 8.87. The summed E-state index contributed by atoms with van der Waals surface area (Å²) in [6.45, 7) is 1.99. The number of pyridine rings is 1. The molecule has 0 radical (unpaired) electrons. The van der Waals surface area contributed by atoms with E-state index >= 15 is 0 Å². The largest absolute Gasteiger partial charge is 0.427 e. The summed E-state index contributed by atoms with van der Waals surface area (Å²) in [5.74, 6) is 1.37. The number of carbonyl (C=O) groups is 1. The number of anilines is 1. The molecule has 2 aromatic carbocycles. The van der Waals surface area contributed by atoms with E-state index in [0.29, 0.717) is 23.9 Å². The minimum atomic E-state index is -0.368. The van der Waals surface area contributed by atoms with Gasteiger partial charge in [0.05, 0.1) is 5.52 Å². The first-order chi connectivity index (χ1) is 13.7. The maximum absolute atomic E-state index is 11.3. The number of fused-ring (bicyclic) bond motifs is 1. The number of benzene rings is 2. The van der Waals surface area contributed by atoms with Crippen LogP contribution in [-0.4, -0.2) is 20.9 Å². The molecule has 0 amide bonds. The molecular weight excluding hydrogens is 352 g/mol. The van der Waals surface area contributed by atoms with E-state index < -0.39 is 0 Å². The summed E-state index contributed by atoms with van der Waals surface area (Å²) in [7, 11) is 0. The Morgan fingerprint density at radius 3 is 2.54 bits per heavy atom. The first kappa shape index (κ1) is 17.6. The number of ether oxygens (including phenoxy) is 1. The van der Waals surface area contributed by atoms with Gasteiger partial charge in [0.2, 0.25) is 0 Å². The third-order valence-corrected chi connectivity index (χ3v) is 4.17. The van der Waals surface area contributed by atoms with Crippen LogP contribution in [0.3, 0.4) is 0 Å². The van der Waals surface area contributed by atoms with E-state index in [4.69, 9.17) is 9.72 Å². The molecule has 138 valence electrons. The molecule has 0 saturated carbocycles. The quantitative estimate of drug-likeness (QED) is 0.418. The molecule has 2 heterocycles. The number of esters is 1. The molecule has 0 aliphatic heterocycles. The lowest BCUT2D eigenvalue weighted by Crippen LogP contribution is -2.05. The third-order valence-electron chi connectivity index (χ3n) is 4.17. The van der Waals surface area contributed by atoms with Crippen molar-refractivity contribution in [3.05, 3.63) is 78.6 Å². The number of hydrogen-bond donors (Lipinski definition) is 1. The average molecular weight is 370 g/mol. The lowest BCUT2D eigenvalue weighted by Gasteiger charge is -2.12. The lowest BCUT2D eigenvalue weighted by atomic mass is 10.2. The van der Waals surface area contributed by atoms with Crippen LogP contribution in [0.4, 0.5) is 5.82 Å². The summed E-state index contributed by atoms with van der Waals surface area (Å²) in [6.07, 6.45) is 3.42. The molecule has 0 unspecified atom stereocenters. The van der Waals surface area contributed by atoms with Gasteiger partial charge in [-0.3, -0.25) is 9.78 Å². The van der Waals surface area contributed by atoms with Gasteiger partial charge < -0.3 is 10.1 Å². The van der Waals surface area contributed by atoms with Crippen LogP contribution >= 0.6 is 0 Å². The average Bonchev–Trinajstić information content (AvgIpc) is 2.73. The van der Waals surface area contributed by atoms with Crippen LogP contribution in [0.5, 0.6) is 5.75 Å². The van der Waals surface area contributed by atoms with Gasteiger partial charge in [-0.15, -0.1) is 0 Å². The fraction of sp³-hybridized carbons (Fsp3) is 0.0909. The Hall–Kier alpha value is -3.80. The van der Waals surface area contributed by atoms with Gasteiger partial charge in [-0.1, -0.05) is 30.3 Å². The van der Waals surface area contributed by atoms with Gasteiger partial charge in [-0.2, -0.15) is 0 Å². The van der Waals surface area contributed by atoms with Gasteiger partial charge in [0.15, 0.2) is 5.82 Å². The Balaban J connectivity index is 1.78. The molecule has 0 spiro atoms. The van der Waals surface area contributed by atoms with Crippen LogP contribution < -0.4 is 10.1 Å². The van der Waals surface area contributed by atoms with E-state index in [9.17, 15) is 4.79 Å². The summed E-state index contributed by atoms with van der Waals surface area (Å²) in [6, 6.07) is 19.1. The molecule has 0 aliphatic rings. The number of rotatable bonds is 5. The molecule has 0 fully saturated rings. The molecule has 28 heavy (non-hydrogen) atoms. The zero-order chi connectivity index (χ0) is 19.3. The standard InChI is InChI=1S/C22H18N4O2/c1-15(27)28-18-7-8-20-19(13-18)22(24-14-16-5-3-2-4-6-16)26-21(25-20)17-9-11-23-12-10-17/h2-13H,14H2,1H3,(H,24,25,26). The molecule has 4 rings (SSSR count). The number of nitrogens with zero attached hydrogens (tertiary/aromatic N) is 3. The first-order valence-electron chi connectivity index (χ1n) is 8.87. The summed E-state index contributed by atoms with van der Waals surface area (Å²) in [5.41, 5.74) is 2.77. The second kappa shape index (κ2) is 7.84. The summed E-state index contributed by atoms with van der Waals surface area (Å²) in [4.78, 5) is 24.7. The van der Waals surface area contributed by atoms with Gasteiger partial charge in [0.25, 0.3) is 0 Å². The van der Waals surface area contributed by atoms with E-state index in [-0.39, 0.29) is 5.97 Å². The van der Waals surface area contributed by atoms with Gasteiger partial charge in [0.1, 0.15) is 11.6 Å². The van der Waals surface area contributed by atoms with E-state index in [1.807, 2.05) is 48.5 Å². The molecule has 0 aliphatic carbocycles. The molecular formula is C22H18N4O2. The maximum Gasteiger partial charge on any atom is 0.308 e. The molecule has 2 aromatic heterocycles. The smallest absolute Gasteiger partial charge is 0.308 e. The van der Waals surface area contributed by atoms with Gasteiger partial charge in [-0.25, -0.2) is 9.97 Å². The normalized spacial score (nSPS) is 10.6. The van der Waals surface area contributed by atoms with Crippen LogP contribution in [0.15, 0.2) is 73.1 Å².